The minimum Gasteiger partial charge on any atom is -0.469 e. The summed E-state index contributed by atoms with van der Waals surface area (Å²) in [6.07, 6.45) is -0.242. The average molecular weight is 276 g/mol. The minimum atomic E-state index is -4.09. The van der Waals surface area contributed by atoms with Crippen LogP contribution in [0.1, 0.15) is 31.4 Å². The van der Waals surface area contributed by atoms with Gasteiger partial charge in [-0.1, -0.05) is 6.42 Å². The zero-order chi connectivity index (χ0) is 13.9. The van der Waals surface area contributed by atoms with Crippen molar-refractivity contribution in [2.24, 2.45) is 17.7 Å². The van der Waals surface area contributed by atoms with Crippen LogP contribution >= 0.6 is 0 Å². The molecule has 3 unspecified atom stereocenters. The zero-order valence-electron chi connectivity index (χ0n) is 10.6. The lowest BCUT2D eigenvalue weighted by atomic mass is 9.76. The lowest BCUT2D eigenvalue weighted by molar-refractivity contribution is -0.186. The first kappa shape index (κ1) is 14.4. The molecule has 3 N–H and O–H groups in total. The van der Waals surface area contributed by atoms with Gasteiger partial charge in [-0.05, 0) is 37.3 Å². The molecule has 1 fully saturated rings. The van der Waals surface area contributed by atoms with Crippen LogP contribution in [0.2, 0.25) is 0 Å². The summed E-state index contributed by atoms with van der Waals surface area (Å²) in [5, 5.41) is 0. The van der Waals surface area contributed by atoms with Gasteiger partial charge < -0.3 is 4.42 Å². The number of hydrogen-bond acceptors (Lipinski definition) is 3. The third-order valence-electron chi connectivity index (χ3n) is 3.96. The van der Waals surface area contributed by atoms with Crippen molar-refractivity contribution in [2.75, 3.05) is 0 Å². The Kier molecular flexibility index (Phi) is 4.52. The van der Waals surface area contributed by atoms with E-state index in [0.29, 0.717) is 12.8 Å². The summed E-state index contributed by atoms with van der Waals surface area (Å²) >= 11 is 0. The van der Waals surface area contributed by atoms with Gasteiger partial charge in [0, 0.05) is 12.5 Å². The van der Waals surface area contributed by atoms with E-state index in [0.717, 1.165) is 12.2 Å². The summed E-state index contributed by atoms with van der Waals surface area (Å²) in [6, 6.07) is 3.41. The lowest BCUT2D eigenvalue weighted by Crippen LogP contribution is -2.45. The predicted molar refractivity (Wildman–Crippen MR) is 65.0 cm³/mol. The van der Waals surface area contributed by atoms with Crippen LogP contribution in [0, 0.1) is 11.8 Å². The van der Waals surface area contributed by atoms with Crippen LogP contribution in [0.4, 0.5) is 13.2 Å². The summed E-state index contributed by atoms with van der Waals surface area (Å²) in [6.45, 7) is 0. The van der Waals surface area contributed by atoms with E-state index in [2.05, 4.69) is 5.43 Å². The molecule has 1 aromatic rings. The highest BCUT2D eigenvalue weighted by Crippen LogP contribution is 2.41. The van der Waals surface area contributed by atoms with Crippen LogP contribution < -0.4 is 11.3 Å². The molecule has 0 radical (unpaired) electrons. The summed E-state index contributed by atoms with van der Waals surface area (Å²) in [5.41, 5.74) is 2.65. The second-order valence-electron chi connectivity index (χ2n) is 5.22. The van der Waals surface area contributed by atoms with Crippen molar-refractivity contribution in [3.8, 4) is 0 Å². The fourth-order valence-electron chi connectivity index (χ4n) is 2.90. The Bertz CT molecular complexity index is 378. The van der Waals surface area contributed by atoms with Gasteiger partial charge >= 0.3 is 6.18 Å². The average Bonchev–Trinajstić information content (AvgIpc) is 2.88. The fourth-order valence-corrected chi connectivity index (χ4v) is 2.90. The topological polar surface area (TPSA) is 51.2 Å². The molecule has 0 spiro atoms. The Hall–Kier alpha value is -1.01. The van der Waals surface area contributed by atoms with Gasteiger partial charge in [0.1, 0.15) is 5.76 Å². The number of hydrogen-bond donors (Lipinski definition) is 2. The van der Waals surface area contributed by atoms with Crippen molar-refractivity contribution in [3.63, 3.8) is 0 Å². The van der Waals surface area contributed by atoms with Crippen molar-refractivity contribution < 1.29 is 17.6 Å². The van der Waals surface area contributed by atoms with E-state index in [1.807, 2.05) is 6.07 Å². The predicted octanol–water partition coefficient (Wildman–Crippen LogP) is 3.02. The first-order chi connectivity index (χ1) is 9.00. The molecule has 1 aromatic heterocycles. The minimum absolute atomic E-state index is 0.0597. The van der Waals surface area contributed by atoms with Crippen LogP contribution in [0.5, 0.6) is 0 Å². The molecule has 3 atom stereocenters. The standard InChI is InChI=1S/C13H19F3N2O/c14-13(15,16)10-4-1-3-9(7-10)12(18-17)8-11-5-2-6-19-11/h2,5-6,9-10,12,18H,1,3-4,7-8,17H2. The third-order valence-corrected chi connectivity index (χ3v) is 3.96. The zero-order valence-corrected chi connectivity index (χ0v) is 10.6. The van der Waals surface area contributed by atoms with Gasteiger partial charge in [0.2, 0.25) is 0 Å². The van der Waals surface area contributed by atoms with Gasteiger partial charge in [-0.2, -0.15) is 13.2 Å². The molecule has 0 aromatic carbocycles. The number of alkyl halides is 3. The highest BCUT2D eigenvalue weighted by molar-refractivity contribution is 5.01. The molecule has 1 aliphatic rings. The van der Waals surface area contributed by atoms with Crippen LogP contribution in [0.25, 0.3) is 0 Å². The maximum absolute atomic E-state index is 12.8. The van der Waals surface area contributed by atoms with Crippen molar-refractivity contribution in [2.45, 2.75) is 44.3 Å². The van der Waals surface area contributed by atoms with Crippen LogP contribution in [0.3, 0.4) is 0 Å². The molecule has 2 rings (SSSR count). The van der Waals surface area contributed by atoms with Gasteiger partial charge in [-0.15, -0.1) is 0 Å². The normalized spacial score (nSPS) is 26.3. The number of halogens is 3. The molecular formula is C13H19F3N2O. The molecule has 19 heavy (non-hydrogen) atoms. The summed E-state index contributed by atoms with van der Waals surface area (Å²) in [4.78, 5) is 0. The van der Waals surface area contributed by atoms with Gasteiger partial charge in [0.25, 0.3) is 0 Å². The van der Waals surface area contributed by atoms with Gasteiger partial charge in [-0.3, -0.25) is 11.3 Å². The quantitative estimate of drug-likeness (QED) is 0.656. The van der Waals surface area contributed by atoms with E-state index < -0.39 is 12.1 Å². The lowest BCUT2D eigenvalue weighted by Gasteiger charge is -2.34. The van der Waals surface area contributed by atoms with E-state index in [4.69, 9.17) is 10.3 Å². The Morgan fingerprint density at radius 1 is 1.42 bits per heavy atom. The highest BCUT2D eigenvalue weighted by Gasteiger charge is 2.43. The van der Waals surface area contributed by atoms with Crippen LogP contribution in [0.15, 0.2) is 22.8 Å². The Morgan fingerprint density at radius 3 is 2.79 bits per heavy atom. The van der Waals surface area contributed by atoms with Gasteiger partial charge in [0.15, 0.2) is 0 Å². The number of nitrogens with two attached hydrogens (primary N) is 1. The van der Waals surface area contributed by atoms with Crippen molar-refractivity contribution in [3.05, 3.63) is 24.2 Å². The Balaban J connectivity index is 1.98. The number of rotatable bonds is 4. The molecule has 0 amide bonds. The maximum atomic E-state index is 12.8. The Labute approximate surface area is 110 Å². The highest BCUT2D eigenvalue weighted by atomic mass is 19.4. The number of furan rings is 1. The van der Waals surface area contributed by atoms with Crippen LogP contribution in [-0.2, 0) is 6.42 Å². The maximum Gasteiger partial charge on any atom is 0.391 e. The van der Waals surface area contributed by atoms with Gasteiger partial charge in [-0.25, -0.2) is 0 Å². The van der Waals surface area contributed by atoms with Crippen LogP contribution in [-0.4, -0.2) is 12.2 Å². The largest absolute Gasteiger partial charge is 0.469 e. The molecule has 108 valence electrons. The summed E-state index contributed by atoms with van der Waals surface area (Å²) in [5.74, 6) is 4.99. The van der Waals surface area contributed by atoms with E-state index in [1.165, 1.54) is 0 Å². The molecule has 0 bridgehead atoms. The SMILES string of the molecule is NNC(Cc1ccco1)C1CCCC(C(F)(F)F)C1. The number of nitrogens with one attached hydrogen (secondary N) is 1. The summed E-state index contributed by atoms with van der Waals surface area (Å²) < 4.78 is 43.6. The fraction of sp³-hybridized carbons (Fsp3) is 0.692. The molecule has 1 heterocycles. The molecule has 0 saturated heterocycles. The molecule has 6 heteroatoms. The van der Waals surface area contributed by atoms with Crippen molar-refractivity contribution in [1.29, 1.82) is 0 Å². The van der Waals surface area contributed by atoms with Crippen molar-refractivity contribution >= 4 is 0 Å². The molecule has 3 nitrogen and oxygen atoms in total. The molecule has 1 aliphatic carbocycles. The second-order valence-corrected chi connectivity index (χ2v) is 5.22. The van der Waals surface area contributed by atoms with E-state index in [1.54, 1.807) is 12.3 Å². The third kappa shape index (κ3) is 3.73. The molecule has 1 saturated carbocycles. The first-order valence-corrected chi connectivity index (χ1v) is 6.56. The van der Waals surface area contributed by atoms with E-state index >= 15 is 0 Å². The summed E-state index contributed by atoms with van der Waals surface area (Å²) in [7, 11) is 0. The molecular weight excluding hydrogens is 257 g/mol. The Morgan fingerprint density at radius 2 is 2.21 bits per heavy atom. The second kappa shape index (κ2) is 5.96. The van der Waals surface area contributed by atoms with Crippen molar-refractivity contribution in [1.82, 2.24) is 5.43 Å². The van der Waals surface area contributed by atoms with E-state index in [-0.39, 0.29) is 24.8 Å². The first-order valence-electron chi connectivity index (χ1n) is 6.56. The smallest absolute Gasteiger partial charge is 0.391 e. The monoisotopic (exact) mass is 276 g/mol. The number of hydrazine groups is 1. The van der Waals surface area contributed by atoms with E-state index in [9.17, 15) is 13.2 Å². The molecule has 0 aliphatic heterocycles. The van der Waals surface area contributed by atoms with Gasteiger partial charge in [0.05, 0.1) is 12.2 Å².